The van der Waals surface area contributed by atoms with Gasteiger partial charge in [-0.05, 0) is 19.3 Å². The highest BCUT2D eigenvalue weighted by Gasteiger charge is 2.28. The summed E-state index contributed by atoms with van der Waals surface area (Å²) in [4.78, 5) is 0. The first kappa shape index (κ1) is 8.69. The molecule has 1 fully saturated rings. The molecule has 0 aliphatic heterocycles. The van der Waals surface area contributed by atoms with E-state index >= 15 is 0 Å². The minimum absolute atomic E-state index is 0.507. The molecule has 0 spiro atoms. The van der Waals surface area contributed by atoms with Crippen molar-refractivity contribution < 1.29 is 0 Å². The summed E-state index contributed by atoms with van der Waals surface area (Å²) in [6, 6.07) is 0.648. The number of hydrogen-bond donors (Lipinski definition) is 1. The van der Waals surface area contributed by atoms with Crippen LogP contribution in [0.4, 0.5) is 0 Å². The Hall–Kier alpha value is -0.900. The molecule has 2 rings (SSSR count). The number of hydrogen-bond acceptors (Lipinski definition) is 3. The fourth-order valence-corrected chi connectivity index (χ4v) is 1.65. The standard InChI is InChI=1S/C9H16N4/c1-2-3-8-11-12-9(6-10)13(8)7-4-5-7/h7H,2-6,10H2,1H3. The van der Waals surface area contributed by atoms with Gasteiger partial charge in [-0.2, -0.15) is 0 Å². The van der Waals surface area contributed by atoms with Crippen LogP contribution in [0.15, 0.2) is 0 Å². The SMILES string of the molecule is CCCc1nnc(CN)n1C1CC1. The molecule has 2 N–H and O–H groups in total. The van der Waals surface area contributed by atoms with Crippen molar-refractivity contribution in [3.05, 3.63) is 11.6 Å². The lowest BCUT2D eigenvalue weighted by atomic mass is 10.3. The molecule has 1 saturated carbocycles. The second kappa shape index (κ2) is 3.46. The quantitative estimate of drug-likeness (QED) is 0.752. The van der Waals surface area contributed by atoms with Gasteiger partial charge >= 0.3 is 0 Å². The van der Waals surface area contributed by atoms with E-state index in [1.807, 2.05) is 0 Å². The van der Waals surface area contributed by atoms with E-state index in [0.29, 0.717) is 12.6 Å². The zero-order valence-corrected chi connectivity index (χ0v) is 8.03. The predicted octanol–water partition coefficient (Wildman–Crippen LogP) is 1.02. The van der Waals surface area contributed by atoms with Crippen molar-refractivity contribution in [2.24, 2.45) is 5.73 Å². The lowest BCUT2D eigenvalue weighted by Gasteiger charge is -2.06. The van der Waals surface area contributed by atoms with Gasteiger partial charge in [-0.1, -0.05) is 6.92 Å². The lowest BCUT2D eigenvalue weighted by molar-refractivity contribution is 0.636. The van der Waals surface area contributed by atoms with Crippen molar-refractivity contribution in [3.63, 3.8) is 0 Å². The highest BCUT2D eigenvalue weighted by atomic mass is 15.3. The van der Waals surface area contributed by atoms with Crippen LogP contribution in [-0.2, 0) is 13.0 Å². The number of nitrogens with two attached hydrogens (primary N) is 1. The molecule has 4 nitrogen and oxygen atoms in total. The van der Waals surface area contributed by atoms with E-state index in [0.717, 1.165) is 24.5 Å². The molecule has 0 aromatic carbocycles. The Morgan fingerprint density at radius 1 is 1.38 bits per heavy atom. The molecule has 1 aliphatic rings. The molecule has 0 amide bonds. The van der Waals surface area contributed by atoms with E-state index in [-0.39, 0.29) is 0 Å². The van der Waals surface area contributed by atoms with Crippen molar-refractivity contribution in [2.75, 3.05) is 0 Å². The van der Waals surface area contributed by atoms with Gasteiger partial charge in [0.25, 0.3) is 0 Å². The van der Waals surface area contributed by atoms with Crippen LogP contribution >= 0.6 is 0 Å². The van der Waals surface area contributed by atoms with Crippen LogP contribution < -0.4 is 5.73 Å². The number of rotatable bonds is 4. The molecule has 1 aromatic heterocycles. The zero-order valence-electron chi connectivity index (χ0n) is 8.03. The van der Waals surface area contributed by atoms with Crippen LogP contribution in [0.1, 0.15) is 43.9 Å². The van der Waals surface area contributed by atoms with E-state index in [1.54, 1.807) is 0 Å². The Kier molecular flexibility index (Phi) is 2.31. The molecule has 1 heterocycles. The minimum atomic E-state index is 0.507. The van der Waals surface area contributed by atoms with Crippen LogP contribution in [0.3, 0.4) is 0 Å². The molecule has 0 radical (unpaired) electrons. The Morgan fingerprint density at radius 2 is 2.08 bits per heavy atom. The van der Waals surface area contributed by atoms with Crippen LogP contribution in [0, 0.1) is 0 Å². The Bertz CT molecular complexity index is 288. The molecule has 13 heavy (non-hydrogen) atoms. The lowest BCUT2D eigenvalue weighted by Crippen LogP contribution is -2.09. The molecule has 1 aliphatic carbocycles. The van der Waals surface area contributed by atoms with E-state index in [1.165, 1.54) is 12.8 Å². The van der Waals surface area contributed by atoms with Gasteiger partial charge in [0.15, 0.2) is 0 Å². The molecular formula is C9H16N4. The van der Waals surface area contributed by atoms with Gasteiger partial charge in [-0.3, -0.25) is 0 Å². The van der Waals surface area contributed by atoms with Crippen molar-refractivity contribution in [1.82, 2.24) is 14.8 Å². The summed E-state index contributed by atoms with van der Waals surface area (Å²) < 4.78 is 2.24. The second-order valence-corrected chi connectivity index (χ2v) is 3.59. The predicted molar refractivity (Wildman–Crippen MR) is 50.2 cm³/mol. The van der Waals surface area contributed by atoms with E-state index in [9.17, 15) is 0 Å². The molecular weight excluding hydrogens is 164 g/mol. The van der Waals surface area contributed by atoms with Crippen LogP contribution in [0.25, 0.3) is 0 Å². The fraction of sp³-hybridized carbons (Fsp3) is 0.778. The van der Waals surface area contributed by atoms with E-state index < -0.39 is 0 Å². The van der Waals surface area contributed by atoms with Gasteiger partial charge in [-0.15, -0.1) is 10.2 Å². The first-order valence-corrected chi connectivity index (χ1v) is 4.99. The number of nitrogens with zero attached hydrogens (tertiary/aromatic N) is 3. The third-order valence-corrected chi connectivity index (χ3v) is 2.41. The highest BCUT2D eigenvalue weighted by Crippen LogP contribution is 2.36. The van der Waals surface area contributed by atoms with Gasteiger partial charge in [0.2, 0.25) is 0 Å². The summed E-state index contributed by atoms with van der Waals surface area (Å²) in [5, 5.41) is 8.27. The van der Waals surface area contributed by atoms with Gasteiger partial charge in [-0.25, -0.2) is 0 Å². The van der Waals surface area contributed by atoms with Crippen molar-refractivity contribution >= 4 is 0 Å². The van der Waals surface area contributed by atoms with Crippen molar-refractivity contribution in [2.45, 2.75) is 45.2 Å². The molecule has 0 saturated heterocycles. The smallest absolute Gasteiger partial charge is 0.147 e. The third kappa shape index (κ3) is 1.58. The summed E-state index contributed by atoms with van der Waals surface area (Å²) in [6.07, 6.45) is 4.67. The first-order chi connectivity index (χ1) is 6.36. The average Bonchev–Trinajstić information content (AvgIpc) is 2.89. The molecule has 1 aromatic rings. The zero-order chi connectivity index (χ0) is 9.26. The molecule has 72 valence electrons. The van der Waals surface area contributed by atoms with E-state index in [4.69, 9.17) is 5.73 Å². The molecule has 0 atom stereocenters. The van der Waals surface area contributed by atoms with Gasteiger partial charge in [0.1, 0.15) is 11.6 Å². The fourth-order valence-electron chi connectivity index (χ4n) is 1.65. The summed E-state index contributed by atoms with van der Waals surface area (Å²) in [6.45, 7) is 2.67. The molecule has 4 heteroatoms. The second-order valence-electron chi connectivity index (χ2n) is 3.59. The largest absolute Gasteiger partial charge is 0.324 e. The first-order valence-electron chi connectivity index (χ1n) is 4.99. The van der Waals surface area contributed by atoms with Crippen LogP contribution in [0.2, 0.25) is 0 Å². The maximum absolute atomic E-state index is 5.60. The summed E-state index contributed by atoms with van der Waals surface area (Å²) in [5.41, 5.74) is 5.60. The maximum atomic E-state index is 5.60. The number of aryl methyl sites for hydroxylation is 1. The summed E-state index contributed by atoms with van der Waals surface area (Å²) >= 11 is 0. The highest BCUT2D eigenvalue weighted by molar-refractivity contribution is 5.02. The number of aromatic nitrogens is 3. The monoisotopic (exact) mass is 180 g/mol. The van der Waals surface area contributed by atoms with E-state index in [2.05, 4.69) is 21.7 Å². The Labute approximate surface area is 78.1 Å². The summed E-state index contributed by atoms with van der Waals surface area (Å²) in [7, 11) is 0. The Morgan fingerprint density at radius 3 is 2.62 bits per heavy atom. The minimum Gasteiger partial charge on any atom is -0.324 e. The topological polar surface area (TPSA) is 56.7 Å². The third-order valence-electron chi connectivity index (χ3n) is 2.41. The normalized spacial score (nSPS) is 16.5. The van der Waals surface area contributed by atoms with Gasteiger partial charge in [0.05, 0.1) is 6.54 Å². The van der Waals surface area contributed by atoms with Crippen LogP contribution in [0.5, 0.6) is 0 Å². The molecule has 0 unspecified atom stereocenters. The Balaban J connectivity index is 2.27. The molecule has 0 bridgehead atoms. The summed E-state index contributed by atoms with van der Waals surface area (Å²) in [5.74, 6) is 2.07. The van der Waals surface area contributed by atoms with Crippen LogP contribution in [-0.4, -0.2) is 14.8 Å². The maximum Gasteiger partial charge on any atom is 0.147 e. The van der Waals surface area contributed by atoms with Gasteiger partial charge in [0, 0.05) is 12.5 Å². The van der Waals surface area contributed by atoms with Gasteiger partial charge < -0.3 is 10.3 Å². The van der Waals surface area contributed by atoms with Crippen molar-refractivity contribution in [3.8, 4) is 0 Å². The van der Waals surface area contributed by atoms with Crippen molar-refractivity contribution in [1.29, 1.82) is 0 Å². The average molecular weight is 180 g/mol.